The lowest BCUT2D eigenvalue weighted by Gasteiger charge is -2.30. The van der Waals surface area contributed by atoms with Crippen LogP contribution in [0.3, 0.4) is 0 Å². The normalized spacial score (nSPS) is 24.2. The van der Waals surface area contributed by atoms with Crippen LogP contribution < -0.4 is 10.2 Å². The van der Waals surface area contributed by atoms with Gasteiger partial charge in [-0.05, 0) is 45.7 Å². The maximum Gasteiger partial charge on any atom is 0.225 e. The van der Waals surface area contributed by atoms with E-state index < -0.39 is 0 Å². The van der Waals surface area contributed by atoms with Gasteiger partial charge in [-0.15, -0.1) is 0 Å². The van der Waals surface area contributed by atoms with Crippen LogP contribution in [-0.2, 0) is 6.54 Å². The molecule has 1 unspecified atom stereocenters. The monoisotopic (exact) mass is 289 g/mol. The fourth-order valence-electron chi connectivity index (χ4n) is 3.29. The number of anilines is 1. The van der Waals surface area contributed by atoms with E-state index in [1.807, 2.05) is 12.4 Å². The number of hydrogen-bond donors (Lipinski definition) is 1. The van der Waals surface area contributed by atoms with Crippen LogP contribution in [0.2, 0.25) is 0 Å². The minimum Gasteiger partial charge on any atom is -0.341 e. The van der Waals surface area contributed by atoms with E-state index in [0.717, 1.165) is 32.1 Å². The van der Waals surface area contributed by atoms with E-state index in [0.29, 0.717) is 6.04 Å². The van der Waals surface area contributed by atoms with Crippen LogP contribution in [-0.4, -0.2) is 54.1 Å². The molecule has 2 fully saturated rings. The van der Waals surface area contributed by atoms with Gasteiger partial charge < -0.3 is 15.1 Å². The summed E-state index contributed by atoms with van der Waals surface area (Å²) in [6.45, 7) is 5.45. The molecule has 0 spiro atoms. The molecule has 5 heteroatoms. The van der Waals surface area contributed by atoms with Gasteiger partial charge >= 0.3 is 0 Å². The second-order valence-corrected chi connectivity index (χ2v) is 6.42. The number of nitrogens with zero attached hydrogens (tertiary/aromatic N) is 4. The first-order chi connectivity index (χ1) is 10.3. The highest BCUT2D eigenvalue weighted by Gasteiger charge is 2.17. The van der Waals surface area contributed by atoms with Crippen LogP contribution in [0.1, 0.15) is 37.7 Å². The zero-order valence-corrected chi connectivity index (χ0v) is 13.1. The van der Waals surface area contributed by atoms with Crippen molar-refractivity contribution >= 4 is 5.95 Å². The molecular weight excluding hydrogens is 262 g/mol. The van der Waals surface area contributed by atoms with Gasteiger partial charge in [-0.2, -0.15) is 0 Å². The first kappa shape index (κ1) is 14.7. The van der Waals surface area contributed by atoms with Crippen molar-refractivity contribution in [3.63, 3.8) is 0 Å². The Kier molecular flexibility index (Phi) is 5.04. The van der Waals surface area contributed by atoms with E-state index in [1.165, 1.54) is 44.2 Å². The molecule has 1 aromatic rings. The maximum absolute atomic E-state index is 4.55. The van der Waals surface area contributed by atoms with Crippen molar-refractivity contribution in [3.8, 4) is 0 Å². The van der Waals surface area contributed by atoms with Crippen LogP contribution in [0.25, 0.3) is 0 Å². The molecule has 0 saturated carbocycles. The average molecular weight is 289 g/mol. The van der Waals surface area contributed by atoms with Crippen molar-refractivity contribution in [1.29, 1.82) is 0 Å². The number of rotatable bonds is 4. The second-order valence-electron chi connectivity index (χ2n) is 6.42. The lowest BCUT2D eigenvalue weighted by Crippen LogP contribution is -2.43. The van der Waals surface area contributed by atoms with E-state index in [-0.39, 0.29) is 0 Å². The molecule has 3 rings (SSSR count). The lowest BCUT2D eigenvalue weighted by molar-refractivity contribution is 0.226. The van der Waals surface area contributed by atoms with E-state index in [4.69, 9.17) is 0 Å². The fraction of sp³-hybridized carbons (Fsp3) is 0.750. The van der Waals surface area contributed by atoms with Gasteiger partial charge in [0.15, 0.2) is 0 Å². The molecule has 0 radical (unpaired) electrons. The molecule has 0 bridgehead atoms. The highest BCUT2D eigenvalue weighted by atomic mass is 15.2. The summed E-state index contributed by atoms with van der Waals surface area (Å²) < 4.78 is 0. The summed E-state index contributed by atoms with van der Waals surface area (Å²) in [6, 6.07) is 0.602. The Morgan fingerprint density at radius 1 is 1.10 bits per heavy atom. The van der Waals surface area contributed by atoms with Gasteiger partial charge in [0, 0.05) is 50.2 Å². The summed E-state index contributed by atoms with van der Waals surface area (Å²) >= 11 is 0. The Morgan fingerprint density at radius 3 is 2.57 bits per heavy atom. The third kappa shape index (κ3) is 4.14. The van der Waals surface area contributed by atoms with Crippen molar-refractivity contribution in [3.05, 3.63) is 18.0 Å². The van der Waals surface area contributed by atoms with Crippen molar-refractivity contribution in [2.24, 2.45) is 0 Å². The molecule has 5 nitrogen and oxygen atoms in total. The van der Waals surface area contributed by atoms with Gasteiger partial charge in [0.1, 0.15) is 0 Å². The summed E-state index contributed by atoms with van der Waals surface area (Å²) in [5.74, 6) is 0.899. The topological polar surface area (TPSA) is 44.3 Å². The highest BCUT2D eigenvalue weighted by Crippen LogP contribution is 2.15. The van der Waals surface area contributed by atoms with Crippen LogP contribution >= 0.6 is 0 Å². The number of aromatic nitrogens is 2. The van der Waals surface area contributed by atoms with Gasteiger partial charge in [-0.1, -0.05) is 0 Å². The number of likely N-dealkylation sites (N-methyl/N-ethyl adjacent to an activating group) is 1. The number of nitrogens with one attached hydrogen (secondary N) is 1. The molecule has 0 amide bonds. The average Bonchev–Trinajstić information content (AvgIpc) is 2.54. The Hall–Kier alpha value is -1.20. The molecule has 1 aromatic heterocycles. The Balaban J connectivity index is 1.49. The zero-order chi connectivity index (χ0) is 14.5. The Bertz CT molecular complexity index is 427. The van der Waals surface area contributed by atoms with Gasteiger partial charge in [-0.25, -0.2) is 9.97 Å². The highest BCUT2D eigenvalue weighted by molar-refractivity contribution is 5.30. The van der Waals surface area contributed by atoms with Crippen molar-refractivity contribution in [2.75, 3.05) is 38.1 Å². The van der Waals surface area contributed by atoms with Crippen LogP contribution in [0, 0.1) is 0 Å². The third-order valence-electron chi connectivity index (χ3n) is 4.55. The number of piperidine rings is 2. The number of likely N-dealkylation sites (tertiary alicyclic amines) is 1. The Labute approximate surface area is 127 Å². The summed E-state index contributed by atoms with van der Waals surface area (Å²) in [4.78, 5) is 13.8. The van der Waals surface area contributed by atoms with Crippen LogP contribution in [0.15, 0.2) is 12.4 Å². The predicted octanol–water partition coefficient (Wildman–Crippen LogP) is 1.65. The minimum absolute atomic E-state index is 0.602. The SMILES string of the molecule is CN1CCCC(NCc2cnc(N3CCCCC3)nc2)C1. The number of hydrogen-bond acceptors (Lipinski definition) is 5. The zero-order valence-electron chi connectivity index (χ0n) is 13.1. The minimum atomic E-state index is 0.602. The van der Waals surface area contributed by atoms with Gasteiger partial charge in [-0.3, -0.25) is 0 Å². The molecule has 0 aliphatic carbocycles. The molecular formula is C16H27N5. The quantitative estimate of drug-likeness (QED) is 0.913. The maximum atomic E-state index is 4.55. The summed E-state index contributed by atoms with van der Waals surface area (Å²) in [5, 5.41) is 3.63. The van der Waals surface area contributed by atoms with E-state index in [1.54, 1.807) is 0 Å². The van der Waals surface area contributed by atoms with E-state index in [9.17, 15) is 0 Å². The molecule has 2 aliphatic heterocycles. The first-order valence-corrected chi connectivity index (χ1v) is 8.29. The van der Waals surface area contributed by atoms with Crippen molar-refractivity contribution < 1.29 is 0 Å². The molecule has 3 heterocycles. The van der Waals surface area contributed by atoms with Crippen LogP contribution in [0.4, 0.5) is 5.95 Å². The standard InChI is InChI=1S/C16H27N5/c1-20-7-5-6-15(13-20)17-10-14-11-18-16(19-12-14)21-8-3-2-4-9-21/h11-12,15,17H,2-10,13H2,1H3. The first-order valence-electron chi connectivity index (χ1n) is 8.29. The molecule has 21 heavy (non-hydrogen) atoms. The molecule has 1 atom stereocenters. The fourth-order valence-corrected chi connectivity index (χ4v) is 3.29. The Morgan fingerprint density at radius 2 is 1.86 bits per heavy atom. The van der Waals surface area contributed by atoms with Gasteiger partial charge in [0.05, 0.1) is 0 Å². The van der Waals surface area contributed by atoms with Crippen molar-refractivity contribution in [1.82, 2.24) is 20.2 Å². The summed E-state index contributed by atoms with van der Waals surface area (Å²) in [7, 11) is 2.20. The summed E-state index contributed by atoms with van der Waals surface area (Å²) in [5.41, 5.74) is 1.18. The molecule has 2 aliphatic rings. The molecule has 1 N–H and O–H groups in total. The molecule has 116 valence electrons. The predicted molar refractivity (Wildman–Crippen MR) is 85.5 cm³/mol. The largest absolute Gasteiger partial charge is 0.341 e. The van der Waals surface area contributed by atoms with E-state index in [2.05, 4.69) is 32.1 Å². The smallest absolute Gasteiger partial charge is 0.225 e. The summed E-state index contributed by atoms with van der Waals surface area (Å²) in [6.07, 6.45) is 10.4. The lowest BCUT2D eigenvalue weighted by atomic mass is 10.1. The molecule has 0 aromatic carbocycles. The van der Waals surface area contributed by atoms with E-state index >= 15 is 0 Å². The third-order valence-corrected chi connectivity index (χ3v) is 4.55. The second kappa shape index (κ2) is 7.18. The van der Waals surface area contributed by atoms with Crippen LogP contribution in [0.5, 0.6) is 0 Å². The molecule has 2 saturated heterocycles. The van der Waals surface area contributed by atoms with Gasteiger partial charge in [0.25, 0.3) is 0 Å². The van der Waals surface area contributed by atoms with Crippen molar-refractivity contribution in [2.45, 2.75) is 44.7 Å². The van der Waals surface area contributed by atoms with Gasteiger partial charge in [0.2, 0.25) is 5.95 Å².